The molecule has 0 spiro atoms. The van der Waals surface area contributed by atoms with Gasteiger partial charge in [0, 0.05) is 33.4 Å². The Morgan fingerprint density at radius 2 is 2.05 bits per heavy atom. The summed E-state index contributed by atoms with van der Waals surface area (Å²) in [4.78, 5) is 24.6. The molecule has 1 fully saturated rings. The van der Waals surface area contributed by atoms with E-state index in [4.69, 9.17) is 9.84 Å². The molecule has 0 aliphatic carbocycles. The van der Waals surface area contributed by atoms with Crippen LogP contribution in [0.2, 0.25) is 0 Å². The Morgan fingerprint density at radius 3 is 2.60 bits per heavy atom. The number of hydrogen-bond donors (Lipinski definition) is 2. The highest BCUT2D eigenvalue weighted by Gasteiger charge is 2.21. The molecule has 0 aromatic heterocycles. The molecule has 6 heteroatoms. The molecule has 1 heterocycles. The lowest BCUT2D eigenvalue weighted by Crippen LogP contribution is -2.43. The van der Waals surface area contributed by atoms with Crippen molar-refractivity contribution in [2.75, 3.05) is 33.4 Å². The number of carbonyl (C=O) groups excluding carboxylic acids is 1. The third-order valence-corrected chi connectivity index (χ3v) is 3.71. The van der Waals surface area contributed by atoms with E-state index in [1.165, 1.54) is 0 Å². The van der Waals surface area contributed by atoms with Crippen molar-refractivity contribution in [3.63, 3.8) is 0 Å². The largest absolute Gasteiger partial charge is 0.481 e. The summed E-state index contributed by atoms with van der Waals surface area (Å²) >= 11 is 0. The van der Waals surface area contributed by atoms with Gasteiger partial charge in [0.05, 0.1) is 5.92 Å². The highest BCUT2D eigenvalue weighted by Crippen LogP contribution is 2.15. The molecule has 0 saturated carbocycles. The van der Waals surface area contributed by atoms with Gasteiger partial charge in [-0.15, -0.1) is 0 Å². The predicted octanol–water partition coefficient (Wildman–Crippen LogP) is 1.56. The summed E-state index contributed by atoms with van der Waals surface area (Å²) in [6.45, 7) is 4.35. The van der Waals surface area contributed by atoms with Gasteiger partial charge in [0.1, 0.15) is 0 Å². The van der Waals surface area contributed by atoms with E-state index in [0.717, 1.165) is 32.5 Å². The first-order chi connectivity index (χ1) is 9.54. The van der Waals surface area contributed by atoms with E-state index in [1.807, 2.05) is 6.92 Å². The summed E-state index contributed by atoms with van der Waals surface area (Å²) in [6.07, 6.45) is 3.33. The first kappa shape index (κ1) is 16.8. The van der Waals surface area contributed by atoms with Gasteiger partial charge >= 0.3 is 12.0 Å². The summed E-state index contributed by atoms with van der Waals surface area (Å²) < 4.78 is 5.29. The zero-order valence-electron chi connectivity index (χ0n) is 12.4. The van der Waals surface area contributed by atoms with E-state index in [1.54, 1.807) is 11.9 Å². The van der Waals surface area contributed by atoms with Crippen LogP contribution >= 0.6 is 0 Å². The lowest BCUT2D eigenvalue weighted by Gasteiger charge is -2.27. The van der Waals surface area contributed by atoms with Crippen LogP contribution in [0.15, 0.2) is 0 Å². The van der Waals surface area contributed by atoms with Crippen LogP contribution in [0.1, 0.15) is 32.6 Å². The Balaban J connectivity index is 2.31. The fourth-order valence-electron chi connectivity index (χ4n) is 2.41. The second kappa shape index (κ2) is 8.79. The lowest BCUT2D eigenvalue weighted by molar-refractivity contribution is -0.141. The van der Waals surface area contributed by atoms with Gasteiger partial charge in [0.2, 0.25) is 0 Å². The average Bonchev–Trinajstić information content (AvgIpc) is 2.43. The number of amides is 2. The smallest absolute Gasteiger partial charge is 0.317 e. The standard InChI is InChI=1S/C14H26N2O4/c1-3-4-12(13(17)18)9-15-14(19)16(2)10-11-5-7-20-8-6-11/h11-12H,3-10H2,1-2H3,(H,15,19)(H,17,18). The second-order valence-electron chi connectivity index (χ2n) is 5.45. The molecule has 6 nitrogen and oxygen atoms in total. The SMILES string of the molecule is CCCC(CNC(=O)N(C)CC1CCOCC1)C(=O)O. The summed E-state index contributed by atoms with van der Waals surface area (Å²) in [5.74, 6) is -0.870. The number of carbonyl (C=O) groups is 2. The monoisotopic (exact) mass is 286 g/mol. The maximum atomic E-state index is 11.9. The van der Waals surface area contributed by atoms with E-state index in [2.05, 4.69) is 5.32 Å². The quantitative estimate of drug-likeness (QED) is 0.744. The van der Waals surface area contributed by atoms with Crippen molar-refractivity contribution >= 4 is 12.0 Å². The van der Waals surface area contributed by atoms with E-state index >= 15 is 0 Å². The lowest BCUT2D eigenvalue weighted by atomic mass is 10.00. The molecule has 0 aromatic carbocycles. The molecule has 116 valence electrons. The number of carboxylic acids is 1. The minimum atomic E-state index is -0.848. The van der Waals surface area contributed by atoms with Gasteiger partial charge in [0.15, 0.2) is 0 Å². The molecule has 1 rings (SSSR count). The molecule has 2 amide bonds. The molecular formula is C14H26N2O4. The van der Waals surface area contributed by atoms with Gasteiger partial charge in [0.25, 0.3) is 0 Å². The average molecular weight is 286 g/mol. The van der Waals surface area contributed by atoms with E-state index in [-0.39, 0.29) is 12.6 Å². The Labute approximate surface area is 120 Å². The normalized spacial score (nSPS) is 17.5. The van der Waals surface area contributed by atoms with Crippen molar-refractivity contribution in [2.45, 2.75) is 32.6 Å². The Kier molecular flexibility index (Phi) is 7.36. The number of hydrogen-bond acceptors (Lipinski definition) is 3. The van der Waals surface area contributed by atoms with Gasteiger partial charge in [-0.2, -0.15) is 0 Å². The van der Waals surface area contributed by atoms with Gasteiger partial charge in [-0.25, -0.2) is 4.79 Å². The van der Waals surface area contributed by atoms with Crippen LogP contribution in [0.4, 0.5) is 4.79 Å². The molecule has 1 unspecified atom stereocenters. The number of carboxylic acid groups (broad SMARTS) is 1. The zero-order chi connectivity index (χ0) is 15.0. The van der Waals surface area contributed by atoms with Crippen LogP contribution in [0, 0.1) is 11.8 Å². The molecule has 2 N–H and O–H groups in total. The van der Waals surface area contributed by atoms with Crippen LogP contribution in [0.3, 0.4) is 0 Å². The molecular weight excluding hydrogens is 260 g/mol. The van der Waals surface area contributed by atoms with Crippen LogP contribution in [0.5, 0.6) is 0 Å². The molecule has 20 heavy (non-hydrogen) atoms. The van der Waals surface area contributed by atoms with E-state index in [9.17, 15) is 9.59 Å². The van der Waals surface area contributed by atoms with Crippen LogP contribution in [-0.4, -0.2) is 55.4 Å². The first-order valence-corrected chi connectivity index (χ1v) is 7.34. The molecule has 1 aliphatic heterocycles. The highest BCUT2D eigenvalue weighted by atomic mass is 16.5. The summed E-state index contributed by atoms with van der Waals surface area (Å²) in [5.41, 5.74) is 0. The fourth-order valence-corrected chi connectivity index (χ4v) is 2.41. The van der Waals surface area contributed by atoms with Gasteiger partial charge in [-0.1, -0.05) is 13.3 Å². The van der Waals surface area contributed by atoms with Crippen molar-refractivity contribution in [1.29, 1.82) is 0 Å². The Bertz CT molecular complexity index is 316. The van der Waals surface area contributed by atoms with Crippen molar-refractivity contribution in [3.8, 4) is 0 Å². The summed E-state index contributed by atoms with van der Waals surface area (Å²) in [5, 5.41) is 11.8. The minimum Gasteiger partial charge on any atom is -0.481 e. The minimum absolute atomic E-state index is 0.195. The third-order valence-electron chi connectivity index (χ3n) is 3.71. The van der Waals surface area contributed by atoms with Crippen molar-refractivity contribution in [1.82, 2.24) is 10.2 Å². The molecule has 0 aromatic rings. The summed E-state index contributed by atoms with van der Waals surface area (Å²) in [6, 6.07) is -0.196. The maximum Gasteiger partial charge on any atom is 0.317 e. The number of nitrogens with one attached hydrogen (secondary N) is 1. The third kappa shape index (κ3) is 5.77. The Morgan fingerprint density at radius 1 is 1.40 bits per heavy atom. The van der Waals surface area contributed by atoms with Gasteiger partial charge < -0.3 is 20.1 Å². The van der Waals surface area contributed by atoms with Crippen molar-refractivity contribution < 1.29 is 19.4 Å². The molecule has 0 bridgehead atoms. The summed E-state index contributed by atoms with van der Waals surface area (Å²) in [7, 11) is 1.75. The number of aliphatic carboxylic acids is 1. The molecule has 1 saturated heterocycles. The predicted molar refractivity (Wildman–Crippen MR) is 75.6 cm³/mol. The highest BCUT2D eigenvalue weighted by molar-refractivity contribution is 5.75. The van der Waals surface area contributed by atoms with Crippen molar-refractivity contribution in [2.24, 2.45) is 11.8 Å². The Hall–Kier alpha value is -1.30. The second-order valence-corrected chi connectivity index (χ2v) is 5.45. The van der Waals surface area contributed by atoms with Crippen LogP contribution in [0.25, 0.3) is 0 Å². The fraction of sp³-hybridized carbons (Fsp3) is 0.857. The molecule has 1 aliphatic rings. The first-order valence-electron chi connectivity index (χ1n) is 7.34. The zero-order valence-corrected chi connectivity index (χ0v) is 12.4. The van der Waals surface area contributed by atoms with Crippen molar-refractivity contribution in [3.05, 3.63) is 0 Å². The topological polar surface area (TPSA) is 78.9 Å². The van der Waals surface area contributed by atoms with Gasteiger partial charge in [-0.3, -0.25) is 4.79 Å². The van der Waals surface area contributed by atoms with E-state index in [0.29, 0.717) is 18.9 Å². The van der Waals surface area contributed by atoms with Gasteiger partial charge in [-0.05, 0) is 25.2 Å². The number of ether oxygens (including phenoxy) is 1. The van der Waals surface area contributed by atoms with Crippen LogP contribution < -0.4 is 5.32 Å². The maximum absolute atomic E-state index is 11.9. The number of urea groups is 1. The molecule has 0 radical (unpaired) electrons. The van der Waals surface area contributed by atoms with Crippen LogP contribution in [-0.2, 0) is 9.53 Å². The van der Waals surface area contributed by atoms with E-state index < -0.39 is 11.9 Å². The number of nitrogens with zero attached hydrogens (tertiary/aromatic N) is 1. The number of rotatable bonds is 7. The molecule has 1 atom stereocenters.